The number of unbranched alkanes of at least 4 members (excludes halogenated alkanes) is 2. The number of hydrogen-bond donors (Lipinski definition) is 1. The molecule has 38 heavy (non-hydrogen) atoms. The number of rotatable bonds is 9. The minimum atomic E-state index is -0.280. The van der Waals surface area contributed by atoms with Crippen molar-refractivity contribution in [2.75, 3.05) is 11.9 Å². The predicted octanol–water partition coefficient (Wildman–Crippen LogP) is 7.45. The summed E-state index contributed by atoms with van der Waals surface area (Å²) in [5.74, 6) is 1.44. The maximum atomic E-state index is 13.9. The number of carbonyl (C=O) groups is 1. The normalized spacial score (nSPS) is 13.7. The summed E-state index contributed by atoms with van der Waals surface area (Å²) < 4.78 is 15.9. The Morgan fingerprint density at radius 2 is 1.71 bits per heavy atom. The van der Waals surface area contributed by atoms with Gasteiger partial charge in [-0.15, -0.1) is 0 Å². The lowest BCUT2D eigenvalue weighted by atomic mass is 9.91. The molecule has 6 heteroatoms. The molecule has 1 aliphatic heterocycles. The quantitative estimate of drug-likeness (QED) is 0.238. The number of nitrogens with zero attached hydrogens (tertiary/aromatic N) is 3. The summed E-state index contributed by atoms with van der Waals surface area (Å²) in [4.78, 5) is 20.8. The van der Waals surface area contributed by atoms with E-state index in [2.05, 4.69) is 48.0 Å². The third-order valence-corrected chi connectivity index (χ3v) is 7.31. The summed E-state index contributed by atoms with van der Waals surface area (Å²) in [5.41, 5.74) is 4.82. The van der Waals surface area contributed by atoms with Crippen molar-refractivity contribution in [1.29, 1.82) is 0 Å². The third-order valence-electron chi connectivity index (χ3n) is 7.31. The molecule has 0 unspecified atom stereocenters. The molecule has 2 heterocycles. The number of halogens is 1. The van der Waals surface area contributed by atoms with Crippen LogP contribution in [-0.2, 0) is 17.9 Å². The summed E-state index contributed by atoms with van der Waals surface area (Å²) >= 11 is 0. The standard InChI is InChI=1S/C32H35FN4O/c1-3-4-6-11-28(24-9-7-5-8-10-24)32(38)36-20-21-37-29(22-36)35-30(25-14-16-26(33)17-15-25)31(37)34-27-18-12-23(2)13-19-27/h5,7-10,12-19,28,34H,3-4,6,11,20-22H2,1-2H3/t28-/m0/s1. The number of nitrogens with one attached hydrogen (secondary N) is 1. The zero-order valence-electron chi connectivity index (χ0n) is 22.2. The molecule has 0 spiro atoms. The van der Waals surface area contributed by atoms with E-state index >= 15 is 0 Å². The minimum Gasteiger partial charge on any atom is -0.340 e. The van der Waals surface area contributed by atoms with Gasteiger partial charge in [0.1, 0.15) is 23.2 Å². The second-order valence-corrected chi connectivity index (χ2v) is 10.1. The summed E-state index contributed by atoms with van der Waals surface area (Å²) in [6.45, 7) is 5.94. The Morgan fingerprint density at radius 1 is 0.974 bits per heavy atom. The molecule has 1 atom stereocenters. The molecule has 1 aromatic heterocycles. The molecule has 0 fully saturated rings. The van der Waals surface area contributed by atoms with Gasteiger partial charge in [0.05, 0.1) is 12.5 Å². The monoisotopic (exact) mass is 510 g/mol. The van der Waals surface area contributed by atoms with Gasteiger partial charge in [0, 0.05) is 24.3 Å². The summed E-state index contributed by atoms with van der Waals surface area (Å²) in [7, 11) is 0. The van der Waals surface area contributed by atoms with E-state index in [1.54, 1.807) is 12.1 Å². The fourth-order valence-corrected chi connectivity index (χ4v) is 5.17. The maximum absolute atomic E-state index is 13.9. The van der Waals surface area contributed by atoms with Gasteiger partial charge >= 0.3 is 0 Å². The van der Waals surface area contributed by atoms with Crippen molar-refractivity contribution in [3.63, 3.8) is 0 Å². The molecule has 0 saturated carbocycles. The Labute approximate surface area is 224 Å². The molecular weight excluding hydrogens is 475 g/mol. The number of hydrogen-bond acceptors (Lipinski definition) is 3. The van der Waals surface area contributed by atoms with E-state index in [1.165, 1.54) is 17.7 Å². The number of aromatic nitrogens is 2. The predicted molar refractivity (Wildman–Crippen MR) is 151 cm³/mol. The third kappa shape index (κ3) is 5.64. The number of benzene rings is 3. The van der Waals surface area contributed by atoms with Crippen molar-refractivity contribution in [2.24, 2.45) is 0 Å². The Bertz CT molecular complexity index is 1360. The molecule has 1 N–H and O–H groups in total. The van der Waals surface area contributed by atoms with Crippen molar-refractivity contribution in [3.05, 3.63) is 102 Å². The molecule has 0 saturated heterocycles. The Hall–Kier alpha value is -3.93. The molecule has 5 rings (SSSR count). The van der Waals surface area contributed by atoms with Crippen LogP contribution in [-0.4, -0.2) is 26.9 Å². The second kappa shape index (κ2) is 11.6. The van der Waals surface area contributed by atoms with Crippen LogP contribution in [0.25, 0.3) is 11.3 Å². The lowest BCUT2D eigenvalue weighted by molar-refractivity contribution is -0.134. The van der Waals surface area contributed by atoms with Crippen molar-refractivity contribution in [2.45, 2.75) is 58.5 Å². The van der Waals surface area contributed by atoms with Gasteiger partial charge in [0.15, 0.2) is 0 Å². The highest BCUT2D eigenvalue weighted by atomic mass is 19.1. The van der Waals surface area contributed by atoms with Crippen LogP contribution < -0.4 is 5.32 Å². The van der Waals surface area contributed by atoms with Crippen LogP contribution in [0.3, 0.4) is 0 Å². The molecule has 5 nitrogen and oxygen atoms in total. The van der Waals surface area contributed by atoms with E-state index < -0.39 is 0 Å². The first-order chi connectivity index (χ1) is 18.5. The zero-order chi connectivity index (χ0) is 26.5. The molecule has 196 valence electrons. The highest BCUT2D eigenvalue weighted by molar-refractivity contribution is 5.84. The van der Waals surface area contributed by atoms with E-state index in [-0.39, 0.29) is 17.6 Å². The lowest BCUT2D eigenvalue weighted by Gasteiger charge is -2.32. The molecule has 4 aromatic rings. The van der Waals surface area contributed by atoms with Crippen LogP contribution in [0.5, 0.6) is 0 Å². The van der Waals surface area contributed by atoms with Crippen LogP contribution in [0.2, 0.25) is 0 Å². The molecule has 1 amide bonds. The average Bonchev–Trinajstić information content (AvgIpc) is 3.30. The number of imidazole rings is 1. The van der Waals surface area contributed by atoms with Crippen LogP contribution >= 0.6 is 0 Å². The lowest BCUT2D eigenvalue weighted by Crippen LogP contribution is -2.41. The van der Waals surface area contributed by atoms with Crippen LogP contribution in [0, 0.1) is 12.7 Å². The number of amides is 1. The SMILES string of the molecule is CCCCC[C@H](C(=O)N1CCn2c(nc(-c3ccc(F)cc3)c2Nc2ccc(C)cc2)C1)c1ccccc1. The van der Waals surface area contributed by atoms with Crippen molar-refractivity contribution < 1.29 is 9.18 Å². The Balaban J connectivity index is 1.45. The topological polar surface area (TPSA) is 50.2 Å². The zero-order valence-corrected chi connectivity index (χ0v) is 22.2. The van der Waals surface area contributed by atoms with Crippen molar-refractivity contribution in [3.8, 4) is 11.3 Å². The highest BCUT2D eigenvalue weighted by Crippen LogP contribution is 2.34. The first-order valence-corrected chi connectivity index (χ1v) is 13.6. The van der Waals surface area contributed by atoms with Crippen LogP contribution in [0.4, 0.5) is 15.9 Å². The van der Waals surface area contributed by atoms with E-state index in [0.29, 0.717) is 19.6 Å². The summed E-state index contributed by atoms with van der Waals surface area (Å²) in [6, 6.07) is 24.8. The smallest absolute Gasteiger partial charge is 0.230 e. The van der Waals surface area contributed by atoms with Gasteiger partial charge in [0.25, 0.3) is 0 Å². The first kappa shape index (κ1) is 25.7. The number of aryl methyl sites for hydroxylation is 1. The number of carbonyl (C=O) groups excluding carboxylic acids is 1. The van der Waals surface area contributed by atoms with Gasteiger partial charge in [-0.25, -0.2) is 9.37 Å². The molecule has 0 bridgehead atoms. The van der Waals surface area contributed by atoms with E-state index in [1.807, 2.05) is 35.2 Å². The molecule has 3 aromatic carbocycles. The van der Waals surface area contributed by atoms with Gasteiger partial charge in [-0.05, 0) is 55.3 Å². The second-order valence-electron chi connectivity index (χ2n) is 10.1. The Morgan fingerprint density at radius 3 is 2.42 bits per heavy atom. The van der Waals surface area contributed by atoms with Gasteiger partial charge < -0.3 is 14.8 Å². The van der Waals surface area contributed by atoms with Crippen LogP contribution in [0.1, 0.15) is 55.5 Å². The first-order valence-electron chi connectivity index (χ1n) is 13.6. The molecular formula is C32H35FN4O. The highest BCUT2D eigenvalue weighted by Gasteiger charge is 2.31. The van der Waals surface area contributed by atoms with Crippen molar-refractivity contribution in [1.82, 2.24) is 14.5 Å². The van der Waals surface area contributed by atoms with Crippen molar-refractivity contribution >= 4 is 17.4 Å². The van der Waals surface area contributed by atoms with Gasteiger partial charge in [-0.2, -0.15) is 0 Å². The largest absolute Gasteiger partial charge is 0.340 e. The van der Waals surface area contributed by atoms with Crippen LogP contribution in [0.15, 0.2) is 78.9 Å². The number of anilines is 2. The summed E-state index contributed by atoms with van der Waals surface area (Å²) in [6.07, 6.45) is 4.13. The molecule has 0 radical (unpaired) electrons. The fourth-order valence-electron chi connectivity index (χ4n) is 5.17. The van der Waals surface area contributed by atoms with E-state index in [0.717, 1.165) is 59.8 Å². The Kier molecular flexibility index (Phi) is 7.87. The number of fused-ring (bicyclic) bond motifs is 1. The van der Waals surface area contributed by atoms with Gasteiger partial charge in [0.2, 0.25) is 5.91 Å². The van der Waals surface area contributed by atoms with E-state index in [9.17, 15) is 9.18 Å². The average molecular weight is 511 g/mol. The summed E-state index contributed by atoms with van der Waals surface area (Å²) in [5, 5.41) is 3.55. The molecule has 0 aliphatic carbocycles. The van der Waals surface area contributed by atoms with E-state index in [4.69, 9.17) is 4.98 Å². The fraction of sp³-hybridized carbons (Fsp3) is 0.312. The maximum Gasteiger partial charge on any atom is 0.230 e. The minimum absolute atomic E-state index is 0.147. The molecule has 1 aliphatic rings. The van der Waals surface area contributed by atoms with Gasteiger partial charge in [-0.1, -0.05) is 74.2 Å². The van der Waals surface area contributed by atoms with Gasteiger partial charge in [-0.3, -0.25) is 4.79 Å².